The maximum Gasteiger partial charge on any atom is 0.261 e. The van der Waals surface area contributed by atoms with Crippen molar-refractivity contribution in [2.45, 2.75) is 32.4 Å². The van der Waals surface area contributed by atoms with E-state index in [1.54, 1.807) is 25.3 Å². The van der Waals surface area contributed by atoms with Gasteiger partial charge in [-0.05, 0) is 43.2 Å². The van der Waals surface area contributed by atoms with Gasteiger partial charge in [-0.1, -0.05) is 42.3 Å². The zero-order valence-corrected chi connectivity index (χ0v) is 15.9. The number of nitrogens with one attached hydrogen (secondary N) is 1. The summed E-state index contributed by atoms with van der Waals surface area (Å²) in [5, 5.41) is 3.87. The summed E-state index contributed by atoms with van der Waals surface area (Å²) in [7, 11) is 1.61. The number of carbonyl (C=O) groups excluding carboxylic acids is 1. The van der Waals surface area contributed by atoms with Crippen molar-refractivity contribution in [3.05, 3.63) is 58.1 Å². The monoisotopic (exact) mass is 381 g/mol. The van der Waals surface area contributed by atoms with Crippen LogP contribution in [0.5, 0.6) is 11.5 Å². The first kappa shape index (κ1) is 19.4. The van der Waals surface area contributed by atoms with Crippen LogP contribution >= 0.6 is 23.2 Å². The minimum Gasteiger partial charge on any atom is -0.497 e. The van der Waals surface area contributed by atoms with Gasteiger partial charge in [0.25, 0.3) is 5.91 Å². The number of ether oxygens (including phenoxy) is 2. The number of hydrogen-bond acceptors (Lipinski definition) is 3. The van der Waals surface area contributed by atoms with E-state index in [-0.39, 0.29) is 11.9 Å². The number of halogens is 2. The average molecular weight is 382 g/mol. The molecule has 6 heteroatoms. The minimum atomic E-state index is -0.663. The van der Waals surface area contributed by atoms with Gasteiger partial charge in [0.2, 0.25) is 0 Å². The number of benzene rings is 2. The Hall–Kier alpha value is -1.91. The molecule has 0 bridgehead atoms. The van der Waals surface area contributed by atoms with Gasteiger partial charge in [0.1, 0.15) is 11.5 Å². The van der Waals surface area contributed by atoms with Crippen LogP contribution in [0.15, 0.2) is 42.5 Å². The van der Waals surface area contributed by atoms with Crippen LogP contribution in [0.2, 0.25) is 10.0 Å². The second-order valence-corrected chi connectivity index (χ2v) is 6.44. The number of rotatable bonds is 7. The van der Waals surface area contributed by atoms with E-state index >= 15 is 0 Å². The predicted molar refractivity (Wildman–Crippen MR) is 101 cm³/mol. The van der Waals surface area contributed by atoms with Crippen LogP contribution < -0.4 is 14.8 Å². The average Bonchev–Trinajstić information content (AvgIpc) is 2.62. The summed E-state index contributed by atoms with van der Waals surface area (Å²) < 4.78 is 11.0. The third-order valence-corrected chi connectivity index (χ3v) is 4.33. The molecule has 1 amide bonds. The van der Waals surface area contributed by atoms with Crippen molar-refractivity contribution in [3.8, 4) is 11.5 Å². The van der Waals surface area contributed by atoms with E-state index in [0.29, 0.717) is 22.2 Å². The van der Waals surface area contributed by atoms with E-state index in [4.69, 9.17) is 32.7 Å². The van der Waals surface area contributed by atoms with Crippen LogP contribution in [-0.4, -0.2) is 19.1 Å². The summed E-state index contributed by atoms with van der Waals surface area (Å²) >= 11 is 12.1. The number of carbonyl (C=O) groups is 1. The Morgan fingerprint density at radius 1 is 1.20 bits per heavy atom. The van der Waals surface area contributed by atoms with Gasteiger partial charge in [-0.25, -0.2) is 0 Å². The first-order valence-electron chi connectivity index (χ1n) is 8.00. The molecule has 1 N–H and O–H groups in total. The lowest BCUT2D eigenvalue weighted by Crippen LogP contribution is -2.39. The second-order valence-electron chi connectivity index (χ2n) is 5.60. The zero-order chi connectivity index (χ0) is 18.4. The largest absolute Gasteiger partial charge is 0.497 e. The highest BCUT2D eigenvalue weighted by Gasteiger charge is 2.22. The summed E-state index contributed by atoms with van der Waals surface area (Å²) in [6.07, 6.45) is -0.163. The van der Waals surface area contributed by atoms with Crippen molar-refractivity contribution in [2.24, 2.45) is 0 Å². The van der Waals surface area contributed by atoms with Crippen LogP contribution in [0.3, 0.4) is 0 Å². The van der Waals surface area contributed by atoms with E-state index in [1.807, 2.05) is 38.1 Å². The normalized spacial score (nSPS) is 13.0. The van der Waals surface area contributed by atoms with Gasteiger partial charge in [0.15, 0.2) is 6.10 Å². The number of hydrogen-bond donors (Lipinski definition) is 1. The van der Waals surface area contributed by atoms with Crippen molar-refractivity contribution < 1.29 is 14.3 Å². The Bertz CT molecular complexity index is 736. The molecule has 2 aromatic rings. The fourth-order valence-electron chi connectivity index (χ4n) is 2.34. The Morgan fingerprint density at radius 3 is 2.64 bits per heavy atom. The fourth-order valence-corrected chi connectivity index (χ4v) is 2.67. The van der Waals surface area contributed by atoms with Gasteiger partial charge < -0.3 is 14.8 Å². The van der Waals surface area contributed by atoms with E-state index in [9.17, 15) is 4.79 Å². The van der Waals surface area contributed by atoms with E-state index in [2.05, 4.69) is 5.32 Å². The van der Waals surface area contributed by atoms with Crippen LogP contribution in [0.4, 0.5) is 0 Å². The molecule has 2 atom stereocenters. The smallest absolute Gasteiger partial charge is 0.261 e. The summed E-state index contributed by atoms with van der Waals surface area (Å²) in [5.41, 5.74) is 0.948. The maximum absolute atomic E-state index is 12.6. The standard InChI is InChI=1S/C19H21Cl2NO3/c1-4-17(25-18-11-14(20)8-9-16(18)21)19(23)22-12(2)13-6-5-7-15(10-13)24-3/h5-12,17H,4H2,1-3H3,(H,22,23)/t12-,17+/m1/s1. The highest BCUT2D eigenvalue weighted by atomic mass is 35.5. The Morgan fingerprint density at radius 2 is 1.96 bits per heavy atom. The molecule has 4 nitrogen and oxygen atoms in total. The third-order valence-electron chi connectivity index (χ3n) is 3.78. The maximum atomic E-state index is 12.6. The molecule has 0 aliphatic heterocycles. The zero-order valence-electron chi connectivity index (χ0n) is 14.4. The van der Waals surface area contributed by atoms with E-state index in [1.165, 1.54) is 0 Å². The molecule has 2 rings (SSSR count). The number of amides is 1. The van der Waals surface area contributed by atoms with Crippen LogP contribution in [-0.2, 0) is 4.79 Å². The van der Waals surface area contributed by atoms with Gasteiger partial charge in [0.05, 0.1) is 18.2 Å². The predicted octanol–water partition coefficient (Wildman–Crippen LogP) is 5.04. The van der Waals surface area contributed by atoms with Gasteiger partial charge in [0, 0.05) is 11.1 Å². The Balaban J connectivity index is 2.07. The molecule has 0 aliphatic carbocycles. The van der Waals surface area contributed by atoms with Crippen molar-refractivity contribution in [1.82, 2.24) is 5.32 Å². The molecule has 134 valence electrons. The lowest BCUT2D eigenvalue weighted by molar-refractivity contribution is -0.128. The highest BCUT2D eigenvalue weighted by molar-refractivity contribution is 6.34. The van der Waals surface area contributed by atoms with Crippen molar-refractivity contribution in [1.29, 1.82) is 0 Å². The molecule has 0 fully saturated rings. The molecule has 0 spiro atoms. The molecule has 0 saturated heterocycles. The lowest BCUT2D eigenvalue weighted by atomic mass is 10.1. The van der Waals surface area contributed by atoms with Gasteiger partial charge >= 0.3 is 0 Å². The topological polar surface area (TPSA) is 47.6 Å². The molecule has 2 aromatic carbocycles. The van der Waals surface area contributed by atoms with Crippen LogP contribution in [0, 0.1) is 0 Å². The van der Waals surface area contributed by atoms with Crippen LogP contribution in [0.25, 0.3) is 0 Å². The fraction of sp³-hybridized carbons (Fsp3) is 0.316. The lowest BCUT2D eigenvalue weighted by Gasteiger charge is -2.21. The molecule has 0 unspecified atom stereocenters. The Kier molecular flexibility index (Phi) is 6.97. The number of methoxy groups -OCH3 is 1. The summed E-state index contributed by atoms with van der Waals surface area (Å²) in [4.78, 5) is 12.6. The van der Waals surface area contributed by atoms with Crippen molar-refractivity contribution in [3.63, 3.8) is 0 Å². The molecule has 0 aromatic heterocycles. The molecule has 25 heavy (non-hydrogen) atoms. The summed E-state index contributed by atoms with van der Waals surface area (Å²) in [6, 6.07) is 12.3. The van der Waals surface area contributed by atoms with Crippen molar-refractivity contribution in [2.75, 3.05) is 7.11 Å². The van der Waals surface area contributed by atoms with E-state index in [0.717, 1.165) is 11.3 Å². The van der Waals surface area contributed by atoms with Gasteiger partial charge in [-0.3, -0.25) is 4.79 Å². The van der Waals surface area contributed by atoms with Gasteiger partial charge in [-0.2, -0.15) is 0 Å². The first-order valence-corrected chi connectivity index (χ1v) is 8.76. The van der Waals surface area contributed by atoms with Crippen LogP contribution in [0.1, 0.15) is 31.9 Å². The van der Waals surface area contributed by atoms with E-state index < -0.39 is 6.10 Å². The molecular weight excluding hydrogens is 361 g/mol. The summed E-state index contributed by atoms with van der Waals surface area (Å²) in [5.74, 6) is 0.923. The highest BCUT2D eigenvalue weighted by Crippen LogP contribution is 2.29. The third kappa shape index (κ3) is 5.28. The molecule has 0 aliphatic rings. The van der Waals surface area contributed by atoms with Gasteiger partial charge in [-0.15, -0.1) is 0 Å². The molecule has 0 saturated carbocycles. The molecular formula is C19H21Cl2NO3. The SMILES string of the molecule is CC[C@H](Oc1cc(Cl)ccc1Cl)C(=O)N[C@H](C)c1cccc(OC)c1. The minimum absolute atomic E-state index is 0.185. The molecule has 0 radical (unpaired) electrons. The van der Waals surface area contributed by atoms with Crippen molar-refractivity contribution >= 4 is 29.1 Å². The summed E-state index contributed by atoms with van der Waals surface area (Å²) in [6.45, 7) is 3.78. The Labute approximate surface area is 158 Å². The first-order chi connectivity index (χ1) is 11.9. The quantitative estimate of drug-likeness (QED) is 0.730. The second kappa shape index (κ2) is 8.97. The molecule has 0 heterocycles.